The van der Waals surface area contributed by atoms with Gasteiger partial charge in [0.25, 0.3) is 0 Å². The van der Waals surface area contributed by atoms with Crippen LogP contribution in [0.15, 0.2) is 11.6 Å². The van der Waals surface area contributed by atoms with Crippen molar-refractivity contribution in [3.05, 3.63) is 11.6 Å². The second-order valence-electron chi connectivity index (χ2n) is 0.911. The van der Waals surface area contributed by atoms with E-state index in [0.29, 0.717) is 0 Å². The summed E-state index contributed by atoms with van der Waals surface area (Å²) in [7, 11) is 0. The van der Waals surface area contributed by atoms with E-state index in [1.807, 2.05) is 0 Å². The van der Waals surface area contributed by atoms with Gasteiger partial charge in [-0.2, -0.15) is 0 Å². The van der Waals surface area contributed by atoms with Gasteiger partial charge in [0.1, 0.15) is 11.6 Å². The van der Waals surface area contributed by atoms with Crippen LogP contribution < -0.4 is 22.9 Å². The second-order valence-corrected chi connectivity index (χ2v) is 0.911. The third kappa shape index (κ3) is 9.10. The number of rotatable bonds is 0. The van der Waals surface area contributed by atoms with Crippen molar-refractivity contribution in [1.29, 1.82) is 0 Å². The molecule has 0 rings (SSSR count). The molecule has 52 valence electrons. The largest absolute Gasteiger partial charge is 0.383 e. The third-order valence-electron chi connectivity index (χ3n) is 0.333. The van der Waals surface area contributed by atoms with Crippen LogP contribution in [-0.2, 0) is 0 Å². The Hall–Kier alpha value is -0.480. The molecule has 0 bridgehead atoms. The van der Waals surface area contributed by atoms with Gasteiger partial charge in [0.2, 0.25) is 0 Å². The fraction of sp³-hybridized carbons (Fsp3) is 0. The van der Waals surface area contributed by atoms with Crippen molar-refractivity contribution in [1.82, 2.24) is 0 Å². The average molecular weight is 161 g/mol. The first kappa shape index (κ1) is 15.6. The smallest absolute Gasteiger partial charge is 0.134 e. The van der Waals surface area contributed by atoms with Crippen molar-refractivity contribution in [2.24, 2.45) is 22.9 Å². The molecule has 0 radical (unpaired) electrons. The molecule has 8 N–H and O–H groups in total. The number of nitrogens with two attached hydrogens (primary N) is 4. The van der Waals surface area contributed by atoms with E-state index < -0.39 is 0 Å². The molecular weight excluding hydrogens is 151 g/mol. The van der Waals surface area contributed by atoms with Crippen LogP contribution in [0.1, 0.15) is 0 Å². The summed E-state index contributed by atoms with van der Waals surface area (Å²) >= 11 is 0. The van der Waals surface area contributed by atoms with Crippen molar-refractivity contribution in [2.75, 3.05) is 0 Å². The van der Waals surface area contributed by atoms with E-state index in [2.05, 4.69) is 0 Å². The summed E-state index contributed by atoms with van der Waals surface area (Å²) in [5.74, 6) is -0.0370. The topological polar surface area (TPSA) is 104 Å². The van der Waals surface area contributed by atoms with E-state index in [9.17, 15) is 0 Å². The van der Waals surface area contributed by atoms with Gasteiger partial charge in [-0.15, -0.1) is 24.8 Å². The molecule has 0 aromatic carbocycles. The monoisotopic (exact) mass is 160 g/mol. The summed E-state index contributed by atoms with van der Waals surface area (Å²) in [6, 6.07) is 0. The predicted molar refractivity (Wildman–Crippen MR) is 38.3 cm³/mol. The maximum absolute atomic E-state index is 4.84. The van der Waals surface area contributed by atoms with Gasteiger partial charge in [0.05, 0.1) is 0 Å². The Kier molecular flexibility index (Phi) is 12.8. The lowest BCUT2D eigenvalue weighted by Crippen LogP contribution is -2.22. The molecular formula is C2H10Cl2N4. The van der Waals surface area contributed by atoms with Crippen molar-refractivity contribution in [3.8, 4) is 0 Å². The number of hydrogen-bond donors (Lipinski definition) is 4. The van der Waals surface area contributed by atoms with Gasteiger partial charge in [-0.3, -0.25) is 0 Å². The van der Waals surface area contributed by atoms with Crippen LogP contribution in [0, 0.1) is 0 Å². The second kappa shape index (κ2) is 6.52. The molecule has 0 saturated heterocycles. The van der Waals surface area contributed by atoms with E-state index in [1.165, 1.54) is 0 Å². The van der Waals surface area contributed by atoms with E-state index in [-0.39, 0.29) is 36.5 Å². The lowest BCUT2D eigenvalue weighted by molar-refractivity contribution is 1.09. The first-order valence-electron chi connectivity index (χ1n) is 1.40. The molecule has 8 heavy (non-hydrogen) atoms. The fourth-order valence-electron chi connectivity index (χ4n) is 0. The van der Waals surface area contributed by atoms with Crippen molar-refractivity contribution in [2.45, 2.75) is 0 Å². The van der Waals surface area contributed by atoms with Gasteiger partial charge in [0, 0.05) is 0 Å². The Bertz CT molecular complexity index is 62.1. The number of halogens is 2. The molecule has 0 aromatic heterocycles. The maximum Gasteiger partial charge on any atom is 0.134 e. The molecule has 0 aliphatic carbocycles. The Balaban J connectivity index is -0.000000125. The van der Waals surface area contributed by atoms with Gasteiger partial charge in [-0.25, -0.2) is 0 Å². The van der Waals surface area contributed by atoms with Gasteiger partial charge in [0.15, 0.2) is 0 Å². The zero-order valence-electron chi connectivity index (χ0n) is 4.13. The Morgan fingerprint density at radius 2 is 0.750 bits per heavy atom. The third-order valence-corrected chi connectivity index (χ3v) is 0.333. The van der Waals surface area contributed by atoms with Crippen LogP contribution in [0.25, 0.3) is 0 Å². The molecule has 0 atom stereocenters. The van der Waals surface area contributed by atoms with Crippen LogP contribution in [0.2, 0.25) is 0 Å². The standard InChI is InChI=1S/C2H8N4.2ClH/c3-1(4)2(5)6;;/h3-6H2;2*1H. The minimum absolute atomic E-state index is 0. The lowest BCUT2D eigenvalue weighted by Gasteiger charge is -1.89. The highest BCUT2D eigenvalue weighted by atomic mass is 35.5. The van der Waals surface area contributed by atoms with Crippen LogP contribution in [0.4, 0.5) is 0 Å². The summed E-state index contributed by atoms with van der Waals surface area (Å²) in [4.78, 5) is 0. The van der Waals surface area contributed by atoms with Gasteiger partial charge in [-0.1, -0.05) is 0 Å². The molecule has 0 unspecified atom stereocenters. The Morgan fingerprint density at radius 1 is 0.625 bits per heavy atom. The van der Waals surface area contributed by atoms with E-state index in [1.54, 1.807) is 0 Å². The summed E-state index contributed by atoms with van der Waals surface area (Å²) < 4.78 is 0. The first-order valence-corrected chi connectivity index (χ1v) is 1.40. The quantitative estimate of drug-likeness (QED) is 0.357. The SMILES string of the molecule is Cl.Cl.NC(N)=C(N)N. The van der Waals surface area contributed by atoms with Gasteiger partial charge < -0.3 is 22.9 Å². The zero-order valence-corrected chi connectivity index (χ0v) is 5.76. The molecule has 0 spiro atoms. The van der Waals surface area contributed by atoms with Crippen LogP contribution >= 0.6 is 24.8 Å². The molecule has 0 fully saturated rings. The summed E-state index contributed by atoms with van der Waals surface area (Å²) in [5.41, 5.74) is 19.4. The average Bonchev–Trinajstić information content (AvgIpc) is 1.36. The van der Waals surface area contributed by atoms with Crippen molar-refractivity contribution in [3.63, 3.8) is 0 Å². The highest BCUT2D eigenvalue weighted by Gasteiger charge is 1.77. The molecule has 0 aliphatic heterocycles. The summed E-state index contributed by atoms with van der Waals surface area (Å²) in [6.45, 7) is 0. The highest BCUT2D eigenvalue weighted by Crippen LogP contribution is 1.62. The van der Waals surface area contributed by atoms with Crippen LogP contribution in [0.3, 0.4) is 0 Å². The highest BCUT2D eigenvalue weighted by molar-refractivity contribution is 5.85. The minimum atomic E-state index is -0.0185. The minimum Gasteiger partial charge on any atom is -0.383 e. The van der Waals surface area contributed by atoms with Gasteiger partial charge in [-0.05, 0) is 0 Å². The fourth-order valence-corrected chi connectivity index (χ4v) is 0. The van der Waals surface area contributed by atoms with Crippen molar-refractivity contribution >= 4 is 24.8 Å². The molecule has 0 aliphatic rings. The Morgan fingerprint density at radius 3 is 0.750 bits per heavy atom. The Labute approximate surface area is 60.1 Å². The molecule has 0 saturated carbocycles. The lowest BCUT2D eigenvalue weighted by atomic mass is 10.7. The van der Waals surface area contributed by atoms with Crippen LogP contribution in [0.5, 0.6) is 0 Å². The van der Waals surface area contributed by atoms with E-state index >= 15 is 0 Å². The molecule has 0 amide bonds. The number of hydrogen-bond acceptors (Lipinski definition) is 4. The summed E-state index contributed by atoms with van der Waals surface area (Å²) in [5, 5.41) is 0. The van der Waals surface area contributed by atoms with Gasteiger partial charge >= 0.3 is 0 Å². The molecule has 6 heteroatoms. The molecule has 0 aromatic rings. The van der Waals surface area contributed by atoms with E-state index in [4.69, 9.17) is 22.9 Å². The zero-order chi connectivity index (χ0) is 5.15. The van der Waals surface area contributed by atoms with E-state index in [0.717, 1.165) is 0 Å². The maximum atomic E-state index is 4.84. The molecule has 4 nitrogen and oxygen atoms in total. The van der Waals surface area contributed by atoms with Crippen LogP contribution in [-0.4, -0.2) is 0 Å². The first-order chi connectivity index (χ1) is 2.64. The normalized spacial score (nSPS) is 5.50. The predicted octanol–water partition coefficient (Wildman–Crippen LogP) is -1.21. The molecule has 0 heterocycles. The van der Waals surface area contributed by atoms with Crippen molar-refractivity contribution < 1.29 is 0 Å². The summed E-state index contributed by atoms with van der Waals surface area (Å²) in [6.07, 6.45) is 0.